The zero-order chi connectivity index (χ0) is 13.1. The Kier molecular flexibility index (Phi) is 3.38. The third-order valence-corrected chi connectivity index (χ3v) is 3.96. The molecule has 0 bridgehead atoms. The molecule has 94 valence electrons. The number of fused-ring (bicyclic) bond motifs is 1. The van der Waals surface area contributed by atoms with Crippen molar-refractivity contribution in [1.82, 2.24) is 0 Å². The van der Waals surface area contributed by atoms with E-state index in [9.17, 15) is 0 Å². The average Bonchev–Trinajstić information content (AvgIpc) is 3.05. The van der Waals surface area contributed by atoms with Gasteiger partial charge in [-0.2, -0.15) is 0 Å². The molecule has 1 aromatic rings. The first-order valence-electron chi connectivity index (χ1n) is 6.96. The van der Waals surface area contributed by atoms with Gasteiger partial charge >= 0.3 is 0 Å². The molecule has 0 N–H and O–H groups in total. The maximum Gasteiger partial charge on any atom is 0.0126 e. The SMILES string of the molecule is C#CCCC1=CCC(CC2C=Cc3ccccc32)=C1. The van der Waals surface area contributed by atoms with Crippen LogP contribution in [0.15, 0.2) is 53.6 Å². The first-order valence-corrected chi connectivity index (χ1v) is 6.96. The van der Waals surface area contributed by atoms with Crippen molar-refractivity contribution in [3.63, 3.8) is 0 Å². The number of benzene rings is 1. The molecular formula is C19H18. The molecule has 1 aromatic carbocycles. The Labute approximate surface area is 115 Å². The minimum Gasteiger partial charge on any atom is -0.120 e. The minimum absolute atomic E-state index is 0.558. The van der Waals surface area contributed by atoms with Gasteiger partial charge in [0.15, 0.2) is 0 Å². The van der Waals surface area contributed by atoms with Crippen molar-refractivity contribution in [3.8, 4) is 12.3 Å². The van der Waals surface area contributed by atoms with E-state index in [4.69, 9.17) is 6.42 Å². The van der Waals surface area contributed by atoms with Crippen LogP contribution >= 0.6 is 0 Å². The van der Waals surface area contributed by atoms with E-state index in [0.29, 0.717) is 5.92 Å². The van der Waals surface area contributed by atoms with Crippen LogP contribution in [0.4, 0.5) is 0 Å². The van der Waals surface area contributed by atoms with E-state index in [1.54, 1.807) is 5.57 Å². The second-order valence-corrected chi connectivity index (χ2v) is 5.29. The van der Waals surface area contributed by atoms with Crippen molar-refractivity contribution in [2.45, 2.75) is 31.6 Å². The van der Waals surface area contributed by atoms with E-state index in [0.717, 1.165) is 25.7 Å². The second kappa shape index (κ2) is 5.33. The average molecular weight is 246 g/mol. The summed E-state index contributed by atoms with van der Waals surface area (Å²) in [5, 5.41) is 0. The third kappa shape index (κ3) is 2.56. The molecule has 0 nitrogen and oxygen atoms in total. The molecule has 0 heteroatoms. The standard InChI is InChI=1S/C19H18/c1-2-3-6-15-9-10-16(13-15)14-18-12-11-17-7-4-5-8-19(17)18/h1,4-5,7-9,11-13,18H,3,6,10,14H2. The molecule has 19 heavy (non-hydrogen) atoms. The number of terminal acetylenes is 1. The maximum atomic E-state index is 5.32. The van der Waals surface area contributed by atoms with Crippen molar-refractivity contribution >= 4 is 6.08 Å². The van der Waals surface area contributed by atoms with Gasteiger partial charge in [-0.3, -0.25) is 0 Å². The number of hydrogen-bond acceptors (Lipinski definition) is 0. The van der Waals surface area contributed by atoms with Crippen LogP contribution < -0.4 is 0 Å². The molecule has 0 amide bonds. The van der Waals surface area contributed by atoms with Crippen LogP contribution in [-0.2, 0) is 0 Å². The Morgan fingerprint density at radius 2 is 2.16 bits per heavy atom. The van der Waals surface area contributed by atoms with Gasteiger partial charge in [-0.1, -0.05) is 59.7 Å². The lowest BCUT2D eigenvalue weighted by Crippen LogP contribution is -1.94. The Hall–Kier alpha value is -2.00. The second-order valence-electron chi connectivity index (χ2n) is 5.29. The van der Waals surface area contributed by atoms with Crippen molar-refractivity contribution in [1.29, 1.82) is 0 Å². The Bertz CT molecular complexity index is 605. The zero-order valence-electron chi connectivity index (χ0n) is 11.1. The third-order valence-electron chi connectivity index (χ3n) is 3.96. The van der Waals surface area contributed by atoms with Crippen LogP contribution in [0.2, 0.25) is 0 Å². The van der Waals surface area contributed by atoms with Gasteiger partial charge < -0.3 is 0 Å². The fourth-order valence-electron chi connectivity index (χ4n) is 2.96. The van der Waals surface area contributed by atoms with Crippen LogP contribution in [0.5, 0.6) is 0 Å². The molecule has 2 aliphatic rings. The molecule has 2 aliphatic carbocycles. The predicted octanol–water partition coefficient (Wildman–Crippen LogP) is 4.86. The molecule has 0 saturated heterocycles. The summed E-state index contributed by atoms with van der Waals surface area (Å²) in [5.41, 5.74) is 5.81. The summed E-state index contributed by atoms with van der Waals surface area (Å²) in [6.45, 7) is 0. The Morgan fingerprint density at radius 1 is 1.26 bits per heavy atom. The van der Waals surface area contributed by atoms with Crippen molar-refractivity contribution in [2.24, 2.45) is 0 Å². The van der Waals surface area contributed by atoms with Crippen molar-refractivity contribution in [2.75, 3.05) is 0 Å². The molecular weight excluding hydrogens is 228 g/mol. The van der Waals surface area contributed by atoms with Gasteiger partial charge in [0.2, 0.25) is 0 Å². The van der Waals surface area contributed by atoms with Crippen LogP contribution in [0.3, 0.4) is 0 Å². The highest BCUT2D eigenvalue weighted by molar-refractivity contribution is 5.62. The van der Waals surface area contributed by atoms with Gasteiger partial charge in [0.05, 0.1) is 0 Å². The molecule has 3 rings (SSSR count). The first-order chi connectivity index (χ1) is 9.36. The molecule has 0 saturated carbocycles. The summed E-state index contributed by atoms with van der Waals surface area (Å²) >= 11 is 0. The van der Waals surface area contributed by atoms with Crippen molar-refractivity contribution in [3.05, 3.63) is 64.8 Å². The minimum atomic E-state index is 0.558. The fourth-order valence-corrected chi connectivity index (χ4v) is 2.96. The van der Waals surface area contributed by atoms with E-state index < -0.39 is 0 Å². The fraction of sp³-hybridized carbons (Fsp3) is 0.263. The molecule has 1 atom stereocenters. The highest BCUT2D eigenvalue weighted by atomic mass is 14.2. The summed E-state index contributed by atoms with van der Waals surface area (Å²) in [6, 6.07) is 8.70. The highest BCUT2D eigenvalue weighted by Crippen LogP contribution is 2.37. The number of allylic oxidation sites excluding steroid dienone is 5. The molecule has 0 spiro atoms. The number of rotatable bonds is 4. The normalized spacial score (nSPS) is 19.8. The molecule has 0 aromatic heterocycles. The highest BCUT2D eigenvalue weighted by Gasteiger charge is 2.19. The lowest BCUT2D eigenvalue weighted by Gasteiger charge is -2.11. The van der Waals surface area contributed by atoms with E-state index in [1.807, 2.05) is 0 Å². The van der Waals surface area contributed by atoms with Gasteiger partial charge in [-0.05, 0) is 30.4 Å². The van der Waals surface area contributed by atoms with Crippen LogP contribution in [0.1, 0.15) is 42.7 Å². The van der Waals surface area contributed by atoms with E-state index in [1.165, 1.54) is 16.7 Å². The molecule has 0 fully saturated rings. The van der Waals surface area contributed by atoms with Crippen LogP contribution in [0, 0.1) is 12.3 Å². The monoisotopic (exact) mass is 246 g/mol. The predicted molar refractivity (Wildman–Crippen MR) is 81.7 cm³/mol. The smallest absolute Gasteiger partial charge is 0.0126 e. The van der Waals surface area contributed by atoms with E-state index in [2.05, 4.69) is 54.5 Å². The van der Waals surface area contributed by atoms with Gasteiger partial charge in [-0.15, -0.1) is 12.3 Å². The molecule has 0 radical (unpaired) electrons. The number of hydrogen-bond donors (Lipinski definition) is 0. The van der Waals surface area contributed by atoms with Gasteiger partial charge in [-0.25, -0.2) is 0 Å². The molecule has 1 unspecified atom stereocenters. The summed E-state index contributed by atoms with van der Waals surface area (Å²) < 4.78 is 0. The van der Waals surface area contributed by atoms with Gasteiger partial charge in [0.25, 0.3) is 0 Å². The summed E-state index contributed by atoms with van der Waals surface area (Å²) in [6.07, 6.45) is 18.7. The largest absolute Gasteiger partial charge is 0.120 e. The summed E-state index contributed by atoms with van der Waals surface area (Å²) in [5.74, 6) is 3.27. The maximum absolute atomic E-state index is 5.32. The van der Waals surface area contributed by atoms with Gasteiger partial charge in [0.1, 0.15) is 0 Å². The van der Waals surface area contributed by atoms with E-state index in [-0.39, 0.29) is 0 Å². The quantitative estimate of drug-likeness (QED) is 0.666. The summed E-state index contributed by atoms with van der Waals surface area (Å²) in [4.78, 5) is 0. The topological polar surface area (TPSA) is 0 Å². The first kappa shape index (κ1) is 12.1. The summed E-state index contributed by atoms with van der Waals surface area (Å²) in [7, 11) is 0. The lowest BCUT2D eigenvalue weighted by molar-refractivity contribution is 0.825. The molecule has 0 aliphatic heterocycles. The Morgan fingerprint density at radius 3 is 3.05 bits per heavy atom. The molecule has 0 heterocycles. The van der Waals surface area contributed by atoms with Crippen LogP contribution in [-0.4, -0.2) is 0 Å². The van der Waals surface area contributed by atoms with Crippen LogP contribution in [0.25, 0.3) is 6.08 Å². The van der Waals surface area contributed by atoms with E-state index >= 15 is 0 Å². The van der Waals surface area contributed by atoms with Crippen molar-refractivity contribution < 1.29 is 0 Å². The Balaban J connectivity index is 1.66. The van der Waals surface area contributed by atoms with Gasteiger partial charge in [0, 0.05) is 12.3 Å². The lowest BCUT2D eigenvalue weighted by atomic mass is 9.93. The zero-order valence-corrected chi connectivity index (χ0v) is 11.1.